The van der Waals surface area contributed by atoms with Crippen molar-refractivity contribution >= 4 is 0 Å². The first-order valence-electron chi connectivity index (χ1n) is 8.68. The van der Waals surface area contributed by atoms with Crippen LogP contribution in [0.2, 0.25) is 0 Å². The zero-order valence-electron chi connectivity index (χ0n) is 13.7. The van der Waals surface area contributed by atoms with E-state index in [-0.39, 0.29) is 0 Å². The first-order chi connectivity index (χ1) is 10.3. The predicted octanol–water partition coefficient (Wildman–Crippen LogP) is 3.34. The molecule has 1 fully saturated rings. The summed E-state index contributed by atoms with van der Waals surface area (Å²) >= 11 is 0. The summed E-state index contributed by atoms with van der Waals surface area (Å²) in [7, 11) is 0. The molecule has 1 saturated carbocycles. The van der Waals surface area contributed by atoms with Gasteiger partial charge in [0.2, 0.25) is 0 Å². The Bertz CT molecular complexity index is 385. The quantitative estimate of drug-likeness (QED) is 0.710. The third-order valence-electron chi connectivity index (χ3n) is 4.23. The maximum absolute atomic E-state index is 5.70. The second-order valence-corrected chi connectivity index (χ2v) is 6.11. The number of hydrogen-bond donors (Lipinski definition) is 1. The van der Waals surface area contributed by atoms with Gasteiger partial charge >= 0.3 is 0 Å². The predicted molar refractivity (Wildman–Crippen MR) is 86.6 cm³/mol. The van der Waals surface area contributed by atoms with Gasteiger partial charge in [-0.1, -0.05) is 33.1 Å². The second-order valence-electron chi connectivity index (χ2n) is 6.11. The molecule has 2 rings (SSSR count). The topological polar surface area (TPSA) is 39.1 Å². The highest BCUT2D eigenvalue weighted by Gasteiger charge is 2.17. The van der Waals surface area contributed by atoms with Crippen molar-refractivity contribution in [1.82, 2.24) is 15.1 Å². The Hall–Kier alpha value is -0.870. The van der Waals surface area contributed by atoms with Crippen molar-refractivity contribution in [3.63, 3.8) is 0 Å². The van der Waals surface area contributed by atoms with Crippen LogP contribution in [-0.4, -0.2) is 35.6 Å². The molecule has 0 bridgehead atoms. The van der Waals surface area contributed by atoms with Gasteiger partial charge < -0.3 is 10.1 Å². The second kappa shape index (κ2) is 9.21. The molecule has 4 heteroatoms. The summed E-state index contributed by atoms with van der Waals surface area (Å²) < 4.78 is 7.89. The van der Waals surface area contributed by atoms with Gasteiger partial charge in [0.15, 0.2) is 0 Å². The lowest BCUT2D eigenvalue weighted by Crippen LogP contribution is -2.35. The molecule has 0 spiro atoms. The summed E-state index contributed by atoms with van der Waals surface area (Å²) in [5.74, 6) is 0. The number of likely N-dealkylation sites (N-methyl/N-ethyl adjacent to an activating group) is 1. The number of hydrogen-bond acceptors (Lipinski definition) is 3. The van der Waals surface area contributed by atoms with Gasteiger partial charge in [-0.25, -0.2) is 0 Å². The highest BCUT2D eigenvalue weighted by atomic mass is 16.5. The highest BCUT2D eigenvalue weighted by molar-refractivity contribution is 5.02. The van der Waals surface area contributed by atoms with Crippen molar-refractivity contribution in [1.29, 1.82) is 0 Å². The summed E-state index contributed by atoms with van der Waals surface area (Å²) in [4.78, 5) is 0. The molecule has 1 atom stereocenters. The largest absolute Gasteiger partial charge is 0.380 e. The van der Waals surface area contributed by atoms with Gasteiger partial charge in [-0.15, -0.1) is 0 Å². The van der Waals surface area contributed by atoms with Crippen LogP contribution in [-0.2, 0) is 11.2 Å². The molecule has 0 amide bonds. The molecule has 1 unspecified atom stereocenters. The molecule has 1 aromatic rings. The fourth-order valence-electron chi connectivity index (χ4n) is 3.14. The first-order valence-corrected chi connectivity index (χ1v) is 8.68. The standard InChI is InChI=1S/C17H31N3O/c1-3-12-21-14-16(18-4-2)13-15-10-11-20(19-15)17-8-6-5-7-9-17/h10-11,16-18H,3-9,12-14H2,1-2H3. The third kappa shape index (κ3) is 5.44. The maximum atomic E-state index is 5.70. The molecule has 1 aromatic heterocycles. The van der Waals surface area contributed by atoms with E-state index in [0.29, 0.717) is 12.1 Å². The number of ether oxygens (including phenoxy) is 1. The van der Waals surface area contributed by atoms with Crippen LogP contribution in [0.4, 0.5) is 0 Å². The van der Waals surface area contributed by atoms with Crippen LogP contribution < -0.4 is 5.32 Å². The van der Waals surface area contributed by atoms with Crippen molar-refractivity contribution in [2.24, 2.45) is 0 Å². The summed E-state index contributed by atoms with van der Waals surface area (Å²) in [5.41, 5.74) is 1.19. The first kappa shape index (κ1) is 16.5. The number of rotatable bonds is 9. The SMILES string of the molecule is CCCOCC(Cc1ccn(C2CCCCC2)n1)NCC. The van der Waals surface area contributed by atoms with Gasteiger partial charge in [0.1, 0.15) is 0 Å². The molecule has 0 saturated heterocycles. The molecule has 4 nitrogen and oxygen atoms in total. The van der Waals surface area contributed by atoms with Gasteiger partial charge in [-0.3, -0.25) is 4.68 Å². The minimum atomic E-state index is 0.372. The minimum absolute atomic E-state index is 0.372. The lowest BCUT2D eigenvalue weighted by molar-refractivity contribution is 0.112. The fourth-order valence-corrected chi connectivity index (χ4v) is 3.14. The molecule has 0 radical (unpaired) electrons. The lowest BCUT2D eigenvalue weighted by Gasteiger charge is -2.22. The van der Waals surface area contributed by atoms with E-state index in [0.717, 1.165) is 32.6 Å². The number of nitrogens with one attached hydrogen (secondary N) is 1. The van der Waals surface area contributed by atoms with E-state index in [1.54, 1.807) is 0 Å². The van der Waals surface area contributed by atoms with Gasteiger partial charge in [-0.2, -0.15) is 5.10 Å². The van der Waals surface area contributed by atoms with Crippen molar-refractivity contribution in [3.8, 4) is 0 Å². The average molecular weight is 293 g/mol. The monoisotopic (exact) mass is 293 g/mol. The van der Waals surface area contributed by atoms with Crippen LogP contribution in [0.5, 0.6) is 0 Å². The smallest absolute Gasteiger partial charge is 0.0641 e. The van der Waals surface area contributed by atoms with Crippen LogP contribution >= 0.6 is 0 Å². The zero-order valence-corrected chi connectivity index (χ0v) is 13.7. The van der Waals surface area contributed by atoms with Crippen molar-refractivity contribution in [2.75, 3.05) is 19.8 Å². The Balaban J connectivity index is 1.86. The van der Waals surface area contributed by atoms with E-state index in [1.165, 1.54) is 37.8 Å². The van der Waals surface area contributed by atoms with E-state index >= 15 is 0 Å². The van der Waals surface area contributed by atoms with Gasteiger partial charge in [0.25, 0.3) is 0 Å². The van der Waals surface area contributed by atoms with E-state index in [1.807, 2.05) is 0 Å². The third-order valence-corrected chi connectivity index (χ3v) is 4.23. The molecule has 1 N–H and O–H groups in total. The fraction of sp³-hybridized carbons (Fsp3) is 0.824. The van der Waals surface area contributed by atoms with E-state index in [4.69, 9.17) is 9.84 Å². The average Bonchev–Trinajstić information content (AvgIpc) is 2.97. The molecule has 0 aromatic carbocycles. The van der Waals surface area contributed by atoms with Crippen molar-refractivity contribution < 1.29 is 4.74 Å². The summed E-state index contributed by atoms with van der Waals surface area (Å²) in [6, 6.07) is 3.18. The lowest BCUT2D eigenvalue weighted by atomic mass is 9.96. The van der Waals surface area contributed by atoms with Crippen LogP contribution in [0.1, 0.15) is 64.1 Å². The molecule has 120 valence electrons. The molecular formula is C17H31N3O. The van der Waals surface area contributed by atoms with Crippen molar-refractivity contribution in [2.45, 2.75) is 70.9 Å². The molecule has 1 aliphatic rings. The summed E-state index contributed by atoms with van der Waals surface area (Å²) in [5, 5.41) is 8.31. The maximum Gasteiger partial charge on any atom is 0.0641 e. The van der Waals surface area contributed by atoms with Crippen LogP contribution in [0.3, 0.4) is 0 Å². The van der Waals surface area contributed by atoms with Crippen LogP contribution in [0.25, 0.3) is 0 Å². The summed E-state index contributed by atoms with van der Waals surface area (Å²) in [6.07, 6.45) is 10.9. The van der Waals surface area contributed by atoms with Gasteiger partial charge in [0, 0.05) is 25.3 Å². The van der Waals surface area contributed by atoms with E-state index < -0.39 is 0 Å². The highest BCUT2D eigenvalue weighted by Crippen LogP contribution is 2.27. The Morgan fingerprint density at radius 2 is 2.14 bits per heavy atom. The van der Waals surface area contributed by atoms with E-state index in [2.05, 4.69) is 36.1 Å². The van der Waals surface area contributed by atoms with Gasteiger partial charge in [-0.05, 0) is 31.9 Å². The van der Waals surface area contributed by atoms with Crippen LogP contribution in [0.15, 0.2) is 12.3 Å². The van der Waals surface area contributed by atoms with E-state index in [9.17, 15) is 0 Å². The number of nitrogens with zero attached hydrogens (tertiary/aromatic N) is 2. The molecule has 1 heterocycles. The van der Waals surface area contributed by atoms with Crippen molar-refractivity contribution in [3.05, 3.63) is 18.0 Å². The summed E-state index contributed by atoms with van der Waals surface area (Å²) in [6.45, 7) is 6.89. The Morgan fingerprint density at radius 3 is 2.86 bits per heavy atom. The molecule has 1 aliphatic carbocycles. The van der Waals surface area contributed by atoms with Crippen LogP contribution in [0, 0.1) is 0 Å². The Morgan fingerprint density at radius 1 is 1.33 bits per heavy atom. The Kier molecular flexibility index (Phi) is 7.24. The minimum Gasteiger partial charge on any atom is -0.380 e. The van der Waals surface area contributed by atoms with Gasteiger partial charge in [0.05, 0.1) is 18.3 Å². The zero-order chi connectivity index (χ0) is 14.9. The molecular weight excluding hydrogens is 262 g/mol. The molecule has 0 aliphatic heterocycles. The number of aromatic nitrogens is 2. The Labute approximate surface area is 129 Å². The normalized spacial score (nSPS) is 18.0. The molecule has 21 heavy (non-hydrogen) atoms.